The fourth-order valence-corrected chi connectivity index (χ4v) is 4.85. The minimum absolute atomic E-state index is 0.0380. The van der Waals surface area contributed by atoms with Gasteiger partial charge in [-0.05, 0) is 42.5 Å². The summed E-state index contributed by atoms with van der Waals surface area (Å²) in [4.78, 5) is 28.2. The van der Waals surface area contributed by atoms with Crippen LogP contribution in [-0.4, -0.2) is 48.1 Å². The van der Waals surface area contributed by atoms with Crippen LogP contribution in [0.5, 0.6) is 5.75 Å². The van der Waals surface area contributed by atoms with Crippen molar-refractivity contribution < 1.29 is 24.2 Å². The lowest BCUT2D eigenvalue weighted by Gasteiger charge is -2.26. The van der Waals surface area contributed by atoms with Crippen molar-refractivity contribution in [3.8, 4) is 5.75 Å². The van der Waals surface area contributed by atoms with E-state index >= 15 is 0 Å². The fraction of sp³-hybridized carbons (Fsp3) is 0.333. The molecular formula is C21H20ClNO5S. The maximum Gasteiger partial charge on any atom is 0.295 e. The van der Waals surface area contributed by atoms with E-state index in [9.17, 15) is 14.7 Å². The van der Waals surface area contributed by atoms with Gasteiger partial charge < -0.3 is 19.5 Å². The van der Waals surface area contributed by atoms with Crippen LogP contribution in [0.15, 0.2) is 41.3 Å². The lowest BCUT2D eigenvalue weighted by Crippen LogP contribution is -2.36. The minimum atomic E-state index is -0.721. The van der Waals surface area contributed by atoms with E-state index in [1.165, 1.54) is 29.4 Å². The van der Waals surface area contributed by atoms with E-state index < -0.39 is 17.7 Å². The highest BCUT2D eigenvalue weighted by atomic mass is 35.5. The van der Waals surface area contributed by atoms with Gasteiger partial charge in [-0.1, -0.05) is 17.7 Å². The molecule has 1 aromatic carbocycles. The van der Waals surface area contributed by atoms with Gasteiger partial charge in [0.05, 0.1) is 30.4 Å². The zero-order valence-electron chi connectivity index (χ0n) is 15.8. The Labute approximate surface area is 177 Å². The van der Waals surface area contributed by atoms with E-state index in [4.69, 9.17) is 21.1 Å². The molecular weight excluding hydrogens is 414 g/mol. The summed E-state index contributed by atoms with van der Waals surface area (Å²) in [6.07, 6.45) is 1.65. The van der Waals surface area contributed by atoms with Gasteiger partial charge in [0.2, 0.25) is 0 Å². The van der Waals surface area contributed by atoms with Crippen LogP contribution < -0.4 is 4.74 Å². The Morgan fingerprint density at radius 2 is 2.21 bits per heavy atom. The third kappa shape index (κ3) is 3.66. The number of amides is 1. The van der Waals surface area contributed by atoms with Crippen molar-refractivity contribution in [1.82, 2.24) is 4.90 Å². The standard InChI is InChI=1S/C21H20ClNO5S/c1-27-15-7-6-12(22)10-14(15)19(24)17-18(16-5-3-9-29-16)23(21(26)20(17)25)11-13-4-2-8-28-13/h3,5-7,9-10,13,18,24H,2,4,8,11H2,1H3/b19-17-. The van der Waals surface area contributed by atoms with Gasteiger partial charge in [-0.15, -0.1) is 11.3 Å². The van der Waals surface area contributed by atoms with E-state index in [0.29, 0.717) is 23.9 Å². The van der Waals surface area contributed by atoms with E-state index in [2.05, 4.69) is 0 Å². The fourth-order valence-electron chi connectivity index (χ4n) is 3.83. The van der Waals surface area contributed by atoms with Gasteiger partial charge in [-0.25, -0.2) is 0 Å². The number of benzene rings is 1. The predicted molar refractivity (Wildman–Crippen MR) is 110 cm³/mol. The molecule has 4 rings (SSSR count). The number of Topliss-reactive ketones (excluding diaryl/α,β-unsaturated/α-hetero) is 1. The second kappa shape index (κ2) is 8.18. The Kier molecular flexibility index (Phi) is 5.63. The minimum Gasteiger partial charge on any atom is -0.507 e. The number of aliphatic hydroxyl groups excluding tert-OH is 1. The number of ketones is 1. The van der Waals surface area contributed by atoms with Crippen LogP contribution in [0.2, 0.25) is 5.02 Å². The van der Waals surface area contributed by atoms with E-state index in [1.807, 2.05) is 17.5 Å². The number of hydrogen-bond donors (Lipinski definition) is 1. The van der Waals surface area contributed by atoms with Gasteiger partial charge in [0.25, 0.3) is 11.7 Å². The van der Waals surface area contributed by atoms with Crippen LogP contribution in [0.25, 0.3) is 5.76 Å². The molecule has 0 bridgehead atoms. The largest absolute Gasteiger partial charge is 0.507 e. The molecule has 2 aliphatic heterocycles. The number of ether oxygens (including phenoxy) is 2. The molecule has 1 amide bonds. The highest BCUT2D eigenvalue weighted by molar-refractivity contribution is 7.10. The molecule has 2 fully saturated rings. The molecule has 6 nitrogen and oxygen atoms in total. The molecule has 3 heterocycles. The van der Waals surface area contributed by atoms with Gasteiger partial charge in [0.15, 0.2) is 0 Å². The summed E-state index contributed by atoms with van der Waals surface area (Å²) in [5.74, 6) is -1.29. The maximum atomic E-state index is 13.0. The average molecular weight is 434 g/mol. The molecule has 2 atom stereocenters. The summed E-state index contributed by atoms with van der Waals surface area (Å²) in [6, 6.07) is 7.79. The highest BCUT2D eigenvalue weighted by Gasteiger charge is 2.47. The molecule has 1 aromatic heterocycles. The molecule has 8 heteroatoms. The van der Waals surface area contributed by atoms with Crippen LogP contribution in [0.3, 0.4) is 0 Å². The number of rotatable bonds is 5. The first-order valence-electron chi connectivity index (χ1n) is 9.28. The Balaban J connectivity index is 1.84. The molecule has 2 saturated heterocycles. The highest BCUT2D eigenvalue weighted by Crippen LogP contribution is 2.43. The van der Waals surface area contributed by atoms with E-state index in [-0.39, 0.29) is 23.0 Å². The molecule has 2 aromatic rings. The van der Waals surface area contributed by atoms with Crippen molar-refractivity contribution in [2.75, 3.05) is 20.3 Å². The van der Waals surface area contributed by atoms with Gasteiger partial charge >= 0.3 is 0 Å². The molecule has 29 heavy (non-hydrogen) atoms. The summed E-state index contributed by atoms with van der Waals surface area (Å²) in [5.41, 5.74) is 0.313. The van der Waals surface area contributed by atoms with Crippen LogP contribution in [0, 0.1) is 0 Å². The summed E-state index contributed by atoms with van der Waals surface area (Å²) in [7, 11) is 1.47. The number of thiophene rings is 1. The first-order valence-corrected chi connectivity index (χ1v) is 10.5. The monoisotopic (exact) mass is 433 g/mol. The SMILES string of the molecule is COc1ccc(Cl)cc1/C(O)=C1/C(=O)C(=O)N(CC2CCCO2)C1c1cccs1. The first-order chi connectivity index (χ1) is 14.0. The molecule has 0 spiro atoms. The van der Waals surface area contributed by atoms with Crippen molar-refractivity contribution in [2.45, 2.75) is 25.0 Å². The Morgan fingerprint density at radius 3 is 2.86 bits per heavy atom. The normalized spacial score (nSPS) is 23.7. The summed E-state index contributed by atoms with van der Waals surface area (Å²) >= 11 is 7.53. The summed E-state index contributed by atoms with van der Waals surface area (Å²) < 4.78 is 11.0. The van der Waals surface area contributed by atoms with Crippen LogP contribution >= 0.6 is 22.9 Å². The van der Waals surface area contributed by atoms with Crippen LogP contribution in [0.1, 0.15) is 29.3 Å². The molecule has 0 radical (unpaired) electrons. The van der Waals surface area contributed by atoms with E-state index in [1.54, 1.807) is 12.1 Å². The number of likely N-dealkylation sites (tertiary alicyclic amines) is 1. The summed E-state index contributed by atoms with van der Waals surface area (Å²) in [6.45, 7) is 0.953. The van der Waals surface area contributed by atoms with Crippen molar-refractivity contribution in [1.29, 1.82) is 0 Å². The number of aliphatic hydroxyl groups is 1. The average Bonchev–Trinajstić information content (AvgIpc) is 3.46. The van der Waals surface area contributed by atoms with Gasteiger partial charge in [0, 0.05) is 23.1 Å². The molecule has 0 saturated carbocycles. The Bertz CT molecular complexity index is 965. The number of halogens is 1. The Morgan fingerprint density at radius 1 is 1.38 bits per heavy atom. The molecule has 2 aliphatic rings. The number of hydrogen-bond acceptors (Lipinski definition) is 6. The number of carbonyl (C=O) groups excluding carboxylic acids is 2. The molecule has 152 valence electrons. The topological polar surface area (TPSA) is 76.1 Å². The van der Waals surface area contributed by atoms with Crippen LogP contribution in [0.4, 0.5) is 0 Å². The Hall–Kier alpha value is -2.35. The molecule has 0 aliphatic carbocycles. The third-order valence-corrected chi connectivity index (χ3v) is 6.35. The maximum absolute atomic E-state index is 13.0. The number of methoxy groups -OCH3 is 1. The van der Waals surface area contributed by atoms with Crippen molar-refractivity contribution >= 4 is 40.4 Å². The van der Waals surface area contributed by atoms with Crippen molar-refractivity contribution in [3.63, 3.8) is 0 Å². The second-order valence-electron chi connectivity index (χ2n) is 6.95. The zero-order chi connectivity index (χ0) is 20.5. The van der Waals surface area contributed by atoms with Gasteiger partial charge in [-0.2, -0.15) is 0 Å². The number of carbonyl (C=O) groups is 2. The predicted octanol–water partition coefficient (Wildman–Crippen LogP) is 4.01. The quantitative estimate of drug-likeness (QED) is 0.438. The third-order valence-electron chi connectivity index (χ3n) is 5.19. The van der Waals surface area contributed by atoms with Crippen LogP contribution in [-0.2, 0) is 14.3 Å². The smallest absolute Gasteiger partial charge is 0.295 e. The van der Waals surface area contributed by atoms with Gasteiger partial charge in [0.1, 0.15) is 11.5 Å². The lowest BCUT2D eigenvalue weighted by molar-refractivity contribution is -0.140. The van der Waals surface area contributed by atoms with Gasteiger partial charge in [-0.3, -0.25) is 9.59 Å². The van der Waals surface area contributed by atoms with Crippen molar-refractivity contribution in [2.24, 2.45) is 0 Å². The van der Waals surface area contributed by atoms with E-state index in [0.717, 1.165) is 17.7 Å². The lowest BCUT2D eigenvalue weighted by atomic mass is 9.99. The summed E-state index contributed by atoms with van der Waals surface area (Å²) in [5, 5.41) is 13.4. The zero-order valence-corrected chi connectivity index (χ0v) is 17.3. The molecule has 2 unspecified atom stereocenters. The van der Waals surface area contributed by atoms with Crippen molar-refractivity contribution in [3.05, 3.63) is 56.7 Å². The number of nitrogens with zero attached hydrogens (tertiary/aromatic N) is 1. The first kappa shape index (κ1) is 19.9. The second-order valence-corrected chi connectivity index (χ2v) is 8.36. The molecule has 1 N–H and O–H groups in total.